The molecule has 3 heterocycles. The Balaban J connectivity index is 1.40. The topological polar surface area (TPSA) is 92.5 Å². The highest BCUT2D eigenvalue weighted by Gasteiger charge is 2.54. The molecule has 2 fully saturated rings. The van der Waals surface area contributed by atoms with Gasteiger partial charge in [0.1, 0.15) is 5.75 Å². The highest BCUT2D eigenvalue weighted by Crippen LogP contribution is 2.45. The van der Waals surface area contributed by atoms with Crippen molar-refractivity contribution in [2.24, 2.45) is 11.8 Å². The number of benzene rings is 2. The molecule has 2 aromatic carbocycles. The van der Waals surface area contributed by atoms with Crippen LogP contribution in [-0.2, 0) is 4.74 Å². The molecule has 1 aromatic heterocycles. The largest absolute Gasteiger partial charge is 0.491 e. The fraction of sp³-hybridized carbons (Fsp3) is 0.333. The van der Waals surface area contributed by atoms with E-state index >= 15 is 0 Å². The van der Waals surface area contributed by atoms with Crippen molar-refractivity contribution in [2.45, 2.75) is 12.0 Å². The van der Waals surface area contributed by atoms with E-state index in [0.717, 1.165) is 22.0 Å². The summed E-state index contributed by atoms with van der Waals surface area (Å²) in [6, 6.07) is 11.9. The Bertz CT molecular complexity index is 1210. The molecule has 2 amide bonds. The molecule has 2 unspecified atom stereocenters. The van der Waals surface area contributed by atoms with Gasteiger partial charge in [0.15, 0.2) is 0 Å². The fourth-order valence-electron chi connectivity index (χ4n) is 5.12. The average Bonchev–Trinajstić information content (AvgIpc) is 3.29. The maximum atomic E-state index is 13.1. The summed E-state index contributed by atoms with van der Waals surface area (Å²) in [5.74, 6) is 0.920. The quantitative estimate of drug-likeness (QED) is 0.608. The molecule has 31 heavy (non-hydrogen) atoms. The Morgan fingerprint density at radius 1 is 1.03 bits per heavy atom. The van der Waals surface area contributed by atoms with Gasteiger partial charge in [-0.25, -0.2) is 0 Å². The third kappa shape index (κ3) is 2.84. The minimum absolute atomic E-state index is 0.0561. The smallest absolute Gasteiger partial charge is 0.254 e. The Hall–Kier alpha value is -3.32. The van der Waals surface area contributed by atoms with Crippen molar-refractivity contribution in [3.05, 3.63) is 64.8 Å². The second-order valence-electron chi connectivity index (χ2n) is 8.54. The third-order valence-electron chi connectivity index (χ3n) is 6.88. The number of nitrogens with one attached hydrogen (secondary N) is 3. The van der Waals surface area contributed by atoms with Gasteiger partial charge in [-0.2, -0.15) is 0 Å². The van der Waals surface area contributed by atoms with E-state index in [9.17, 15) is 9.59 Å². The van der Waals surface area contributed by atoms with Crippen molar-refractivity contribution in [3.8, 4) is 5.75 Å². The highest BCUT2D eigenvalue weighted by atomic mass is 16.5. The van der Waals surface area contributed by atoms with E-state index in [-0.39, 0.29) is 23.8 Å². The SMILES string of the molecule is CNC(=O)c1cc(C(=O)NC2[C@H]3COC[C@@H]23)cc2c1OCC2c1cccc2[nH]ccc12. The molecule has 1 aliphatic carbocycles. The number of rotatable bonds is 4. The summed E-state index contributed by atoms with van der Waals surface area (Å²) in [6.07, 6.45) is 1.92. The van der Waals surface area contributed by atoms with Crippen LogP contribution in [0.1, 0.15) is 37.8 Å². The molecule has 1 saturated carbocycles. The lowest BCUT2D eigenvalue weighted by molar-refractivity contribution is 0.0929. The zero-order valence-corrected chi connectivity index (χ0v) is 17.1. The zero-order chi connectivity index (χ0) is 21.1. The van der Waals surface area contributed by atoms with Crippen LogP contribution in [0.25, 0.3) is 10.9 Å². The number of carbonyl (C=O) groups excluding carboxylic acids is 2. The van der Waals surface area contributed by atoms with Gasteiger partial charge in [0.25, 0.3) is 11.8 Å². The van der Waals surface area contributed by atoms with E-state index in [2.05, 4.69) is 21.7 Å². The summed E-state index contributed by atoms with van der Waals surface area (Å²) in [5.41, 5.74) is 3.92. The molecule has 0 radical (unpaired) electrons. The predicted octanol–water partition coefficient (Wildman–Crippen LogP) is 2.43. The number of hydrogen-bond donors (Lipinski definition) is 3. The van der Waals surface area contributed by atoms with E-state index in [0.29, 0.717) is 48.5 Å². The van der Waals surface area contributed by atoms with Crippen LogP contribution in [0.4, 0.5) is 0 Å². The zero-order valence-electron chi connectivity index (χ0n) is 17.1. The first-order valence-electron chi connectivity index (χ1n) is 10.6. The van der Waals surface area contributed by atoms with Crippen molar-refractivity contribution in [1.29, 1.82) is 0 Å². The van der Waals surface area contributed by atoms with Crippen LogP contribution in [0.2, 0.25) is 0 Å². The third-order valence-corrected chi connectivity index (χ3v) is 6.88. The lowest BCUT2D eigenvalue weighted by atomic mass is 9.88. The van der Waals surface area contributed by atoms with Crippen LogP contribution in [0.5, 0.6) is 5.75 Å². The molecule has 4 atom stereocenters. The van der Waals surface area contributed by atoms with Gasteiger partial charge in [-0.1, -0.05) is 12.1 Å². The van der Waals surface area contributed by atoms with Gasteiger partial charge in [-0.3, -0.25) is 9.59 Å². The van der Waals surface area contributed by atoms with E-state index in [1.807, 2.05) is 30.5 Å². The van der Waals surface area contributed by atoms with Gasteiger partial charge in [0, 0.05) is 59.1 Å². The summed E-state index contributed by atoms with van der Waals surface area (Å²) in [4.78, 5) is 28.9. The predicted molar refractivity (Wildman–Crippen MR) is 115 cm³/mol. The lowest BCUT2D eigenvalue weighted by Gasteiger charge is -2.14. The molecule has 3 aromatic rings. The Morgan fingerprint density at radius 3 is 2.68 bits per heavy atom. The Kier molecular flexibility index (Phi) is 4.08. The molecule has 158 valence electrons. The number of ether oxygens (including phenoxy) is 2. The van der Waals surface area contributed by atoms with Crippen LogP contribution in [-0.4, -0.2) is 49.7 Å². The first kappa shape index (κ1) is 18.4. The van der Waals surface area contributed by atoms with E-state index in [1.54, 1.807) is 13.1 Å². The number of carbonyl (C=O) groups is 2. The van der Waals surface area contributed by atoms with Crippen LogP contribution in [0.15, 0.2) is 42.6 Å². The number of amides is 2. The summed E-state index contributed by atoms with van der Waals surface area (Å²) in [7, 11) is 1.58. The minimum Gasteiger partial charge on any atom is -0.491 e. The second-order valence-corrected chi connectivity index (χ2v) is 8.54. The van der Waals surface area contributed by atoms with E-state index in [4.69, 9.17) is 9.47 Å². The minimum atomic E-state index is -0.261. The molecule has 0 bridgehead atoms. The number of fused-ring (bicyclic) bond motifs is 3. The molecule has 0 spiro atoms. The summed E-state index contributed by atoms with van der Waals surface area (Å²) in [6.45, 7) is 1.85. The van der Waals surface area contributed by atoms with Gasteiger partial charge >= 0.3 is 0 Å². The van der Waals surface area contributed by atoms with Crippen LogP contribution < -0.4 is 15.4 Å². The summed E-state index contributed by atoms with van der Waals surface area (Å²) >= 11 is 0. The van der Waals surface area contributed by atoms with Gasteiger partial charge < -0.3 is 25.1 Å². The molecular formula is C24H23N3O4. The Morgan fingerprint density at radius 2 is 1.87 bits per heavy atom. The molecule has 3 aliphatic rings. The molecular weight excluding hydrogens is 394 g/mol. The van der Waals surface area contributed by atoms with Crippen molar-refractivity contribution in [1.82, 2.24) is 15.6 Å². The van der Waals surface area contributed by atoms with Crippen LogP contribution in [0, 0.1) is 11.8 Å². The Labute approximate surface area is 179 Å². The molecule has 7 heteroatoms. The molecule has 7 nitrogen and oxygen atoms in total. The van der Waals surface area contributed by atoms with Crippen LogP contribution >= 0.6 is 0 Å². The van der Waals surface area contributed by atoms with Crippen molar-refractivity contribution < 1.29 is 19.1 Å². The first-order chi connectivity index (χ1) is 15.2. The standard InChI is InChI=1S/C24H23N3O4/c1-25-24(29)16-8-12(23(28)27-21-18-9-30-10-19(18)21)7-15-17(11-31-22(15)16)13-3-2-4-20-14(13)5-6-26-20/h2-8,17-19,21,26H,9-11H2,1H3,(H,25,29)(H,27,28)/t17?,18-,19+,21?. The second kappa shape index (κ2) is 6.85. The summed E-state index contributed by atoms with van der Waals surface area (Å²) < 4.78 is 11.4. The number of H-pyrrole nitrogens is 1. The molecule has 3 N–H and O–H groups in total. The van der Waals surface area contributed by atoms with Gasteiger partial charge in [-0.15, -0.1) is 0 Å². The van der Waals surface area contributed by atoms with Crippen LogP contribution in [0.3, 0.4) is 0 Å². The van der Waals surface area contributed by atoms with Crippen molar-refractivity contribution >= 4 is 22.7 Å². The molecule has 2 aliphatic heterocycles. The average molecular weight is 417 g/mol. The van der Waals surface area contributed by atoms with Gasteiger partial charge in [0.05, 0.1) is 25.4 Å². The number of aromatic amines is 1. The number of aromatic nitrogens is 1. The lowest BCUT2D eigenvalue weighted by Crippen LogP contribution is -2.30. The van der Waals surface area contributed by atoms with Gasteiger partial charge in [-0.05, 0) is 29.8 Å². The molecule has 6 rings (SSSR count). The molecule has 1 saturated heterocycles. The van der Waals surface area contributed by atoms with Crippen molar-refractivity contribution in [2.75, 3.05) is 26.9 Å². The maximum Gasteiger partial charge on any atom is 0.254 e. The highest BCUT2D eigenvalue weighted by molar-refractivity contribution is 6.02. The van der Waals surface area contributed by atoms with Crippen molar-refractivity contribution in [3.63, 3.8) is 0 Å². The summed E-state index contributed by atoms with van der Waals surface area (Å²) in [5, 5.41) is 6.92. The number of hydrogen-bond acceptors (Lipinski definition) is 4. The van der Waals surface area contributed by atoms with Gasteiger partial charge in [0.2, 0.25) is 0 Å². The monoisotopic (exact) mass is 417 g/mol. The fourth-order valence-corrected chi connectivity index (χ4v) is 5.12. The normalized spacial score (nSPS) is 25.6. The maximum absolute atomic E-state index is 13.1. The van der Waals surface area contributed by atoms with E-state index in [1.165, 1.54) is 0 Å². The first-order valence-corrected chi connectivity index (χ1v) is 10.6. The van der Waals surface area contributed by atoms with E-state index < -0.39 is 0 Å².